The summed E-state index contributed by atoms with van der Waals surface area (Å²) in [7, 11) is 3.09. The highest BCUT2D eigenvalue weighted by molar-refractivity contribution is 7.20. The summed E-state index contributed by atoms with van der Waals surface area (Å²) < 4.78 is 12.2. The maximum absolute atomic E-state index is 12.9. The van der Waals surface area contributed by atoms with E-state index in [1.54, 1.807) is 43.1 Å². The van der Waals surface area contributed by atoms with Crippen molar-refractivity contribution < 1.29 is 14.3 Å². The standard InChI is InChI=1S/C21H25N3O4S/c1-5-6-7-10-24-12-22-20-17(21(24)26)13(2)18(29-20)19(25)23-15-9-8-14(27-3)11-16(15)28-4/h8-9,11-12H,5-7,10H2,1-4H3,(H,23,25). The lowest BCUT2D eigenvalue weighted by Gasteiger charge is -2.11. The summed E-state index contributed by atoms with van der Waals surface area (Å²) >= 11 is 1.22. The molecule has 8 heteroatoms. The van der Waals surface area contributed by atoms with E-state index in [-0.39, 0.29) is 11.5 Å². The monoisotopic (exact) mass is 415 g/mol. The molecule has 0 fully saturated rings. The number of benzene rings is 1. The first-order chi connectivity index (χ1) is 14.0. The van der Waals surface area contributed by atoms with E-state index in [1.807, 2.05) is 0 Å². The Hall–Kier alpha value is -2.87. The van der Waals surface area contributed by atoms with Crippen LogP contribution in [-0.2, 0) is 6.54 Å². The number of nitrogens with zero attached hydrogens (tertiary/aromatic N) is 2. The number of carbonyl (C=O) groups excluding carboxylic acids is 1. The minimum atomic E-state index is -0.300. The highest BCUT2D eigenvalue weighted by Gasteiger charge is 2.20. The van der Waals surface area contributed by atoms with Gasteiger partial charge >= 0.3 is 0 Å². The van der Waals surface area contributed by atoms with Gasteiger partial charge < -0.3 is 14.8 Å². The first-order valence-corrected chi connectivity index (χ1v) is 10.3. The molecule has 0 aliphatic rings. The number of aryl methyl sites for hydroxylation is 2. The van der Waals surface area contributed by atoms with Gasteiger partial charge in [0.2, 0.25) is 0 Å². The third kappa shape index (κ3) is 4.27. The molecule has 0 saturated carbocycles. The van der Waals surface area contributed by atoms with Crippen LogP contribution in [0.15, 0.2) is 29.3 Å². The van der Waals surface area contributed by atoms with Crippen molar-refractivity contribution in [2.24, 2.45) is 0 Å². The van der Waals surface area contributed by atoms with Crippen molar-refractivity contribution in [1.29, 1.82) is 0 Å². The summed E-state index contributed by atoms with van der Waals surface area (Å²) in [6.07, 6.45) is 4.65. The zero-order valence-electron chi connectivity index (χ0n) is 17.1. The number of methoxy groups -OCH3 is 2. The number of amides is 1. The molecule has 0 radical (unpaired) electrons. The zero-order chi connectivity index (χ0) is 21.0. The highest BCUT2D eigenvalue weighted by Crippen LogP contribution is 2.32. The average molecular weight is 416 g/mol. The number of aromatic nitrogens is 2. The normalized spacial score (nSPS) is 10.9. The fraction of sp³-hybridized carbons (Fsp3) is 0.381. The third-order valence-corrected chi connectivity index (χ3v) is 5.98. The van der Waals surface area contributed by atoms with Crippen LogP contribution in [0.2, 0.25) is 0 Å². The second kappa shape index (κ2) is 9.09. The smallest absolute Gasteiger partial charge is 0.266 e. The molecule has 154 valence electrons. The zero-order valence-corrected chi connectivity index (χ0v) is 17.9. The van der Waals surface area contributed by atoms with E-state index in [4.69, 9.17) is 9.47 Å². The fourth-order valence-corrected chi connectivity index (χ4v) is 4.18. The molecule has 2 heterocycles. The van der Waals surface area contributed by atoms with Crippen molar-refractivity contribution in [1.82, 2.24) is 9.55 Å². The van der Waals surface area contributed by atoms with Gasteiger partial charge in [-0.1, -0.05) is 19.8 Å². The van der Waals surface area contributed by atoms with Crippen LogP contribution in [0.25, 0.3) is 10.2 Å². The first kappa shape index (κ1) is 20.9. The van der Waals surface area contributed by atoms with Crippen LogP contribution in [0.3, 0.4) is 0 Å². The minimum Gasteiger partial charge on any atom is -0.497 e. The Labute approximate surface area is 173 Å². The third-order valence-electron chi connectivity index (χ3n) is 4.78. The van der Waals surface area contributed by atoms with E-state index >= 15 is 0 Å². The lowest BCUT2D eigenvalue weighted by atomic mass is 10.2. The number of nitrogens with one attached hydrogen (secondary N) is 1. The van der Waals surface area contributed by atoms with Gasteiger partial charge in [-0.2, -0.15) is 0 Å². The van der Waals surface area contributed by atoms with E-state index in [0.29, 0.717) is 44.4 Å². The predicted octanol–water partition coefficient (Wildman–Crippen LogP) is 4.23. The molecular formula is C21H25N3O4S. The van der Waals surface area contributed by atoms with Gasteiger partial charge in [-0.25, -0.2) is 4.98 Å². The Balaban J connectivity index is 1.92. The van der Waals surface area contributed by atoms with Gasteiger partial charge in [0.25, 0.3) is 11.5 Å². The number of ether oxygens (including phenoxy) is 2. The largest absolute Gasteiger partial charge is 0.497 e. The van der Waals surface area contributed by atoms with Crippen LogP contribution in [0.1, 0.15) is 41.4 Å². The first-order valence-electron chi connectivity index (χ1n) is 9.52. The van der Waals surface area contributed by atoms with E-state index in [9.17, 15) is 9.59 Å². The summed E-state index contributed by atoms with van der Waals surface area (Å²) in [6.45, 7) is 4.55. The molecule has 0 aliphatic carbocycles. The number of fused-ring (bicyclic) bond motifs is 1. The van der Waals surface area contributed by atoms with Gasteiger partial charge in [-0.15, -0.1) is 11.3 Å². The molecule has 1 N–H and O–H groups in total. The van der Waals surface area contributed by atoms with E-state index in [1.165, 1.54) is 18.4 Å². The number of thiophene rings is 1. The van der Waals surface area contributed by atoms with Crippen molar-refractivity contribution in [2.75, 3.05) is 19.5 Å². The van der Waals surface area contributed by atoms with Crippen molar-refractivity contribution in [3.8, 4) is 11.5 Å². The van der Waals surface area contributed by atoms with Gasteiger partial charge in [0.15, 0.2) is 0 Å². The maximum Gasteiger partial charge on any atom is 0.266 e. The predicted molar refractivity (Wildman–Crippen MR) is 116 cm³/mol. The van der Waals surface area contributed by atoms with Crippen molar-refractivity contribution in [3.05, 3.63) is 45.3 Å². The quantitative estimate of drug-likeness (QED) is 0.557. The van der Waals surface area contributed by atoms with E-state index in [2.05, 4.69) is 17.2 Å². The lowest BCUT2D eigenvalue weighted by Crippen LogP contribution is -2.20. The summed E-state index contributed by atoms with van der Waals surface area (Å²) in [4.78, 5) is 31.2. The Morgan fingerprint density at radius 3 is 2.72 bits per heavy atom. The topological polar surface area (TPSA) is 82.5 Å². The molecule has 0 bridgehead atoms. The Bertz CT molecular complexity index is 1090. The van der Waals surface area contributed by atoms with Crippen LogP contribution >= 0.6 is 11.3 Å². The molecule has 3 rings (SSSR count). The minimum absolute atomic E-state index is 0.0964. The van der Waals surface area contributed by atoms with Crippen molar-refractivity contribution in [3.63, 3.8) is 0 Å². The number of carbonyl (C=O) groups is 1. The van der Waals surface area contributed by atoms with Crippen molar-refractivity contribution >= 4 is 33.1 Å². The van der Waals surface area contributed by atoms with Crippen LogP contribution in [0.5, 0.6) is 11.5 Å². The second-order valence-corrected chi connectivity index (χ2v) is 7.71. The maximum atomic E-state index is 12.9. The average Bonchev–Trinajstić information content (AvgIpc) is 3.07. The Kier molecular flexibility index (Phi) is 6.53. The van der Waals surface area contributed by atoms with Gasteiger partial charge in [-0.05, 0) is 31.0 Å². The molecule has 0 aliphatic heterocycles. The lowest BCUT2D eigenvalue weighted by molar-refractivity contribution is 0.102. The summed E-state index contributed by atoms with van der Waals surface area (Å²) in [6, 6.07) is 5.16. The molecule has 1 aromatic carbocycles. The SMILES string of the molecule is CCCCCn1cnc2sc(C(=O)Nc3ccc(OC)cc3OC)c(C)c2c1=O. The van der Waals surface area contributed by atoms with Gasteiger partial charge in [0, 0.05) is 12.6 Å². The second-order valence-electron chi connectivity index (χ2n) is 6.71. The van der Waals surface area contributed by atoms with Gasteiger partial charge in [0.05, 0.1) is 36.5 Å². The van der Waals surface area contributed by atoms with Crippen LogP contribution in [0, 0.1) is 6.92 Å². The number of unbranched alkanes of at least 4 members (excludes halogenated alkanes) is 2. The molecule has 0 atom stereocenters. The van der Waals surface area contributed by atoms with Crippen LogP contribution in [-0.4, -0.2) is 29.7 Å². The molecule has 0 saturated heterocycles. The summed E-state index contributed by atoms with van der Waals surface area (Å²) in [5.41, 5.74) is 1.08. The number of hydrogen-bond acceptors (Lipinski definition) is 6. The Morgan fingerprint density at radius 1 is 1.24 bits per heavy atom. The van der Waals surface area contributed by atoms with E-state index in [0.717, 1.165) is 19.3 Å². The molecule has 0 spiro atoms. The van der Waals surface area contributed by atoms with Gasteiger partial charge in [-0.3, -0.25) is 14.2 Å². The summed E-state index contributed by atoms with van der Waals surface area (Å²) in [5.74, 6) is 0.824. The molecular weight excluding hydrogens is 390 g/mol. The molecule has 29 heavy (non-hydrogen) atoms. The number of hydrogen-bond donors (Lipinski definition) is 1. The molecule has 7 nitrogen and oxygen atoms in total. The molecule has 2 aromatic heterocycles. The van der Waals surface area contributed by atoms with E-state index < -0.39 is 0 Å². The molecule has 3 aromatic rings. The molecule has 0 unspecified atom stereocenters. The van der Waals surface area contributed by atoms with Crippen molar-refractivity contribution in [2.45, 2.75) is 39.7 Å². The summed E-state index contributed by atoms with van der Waals surface area (Å²) in [5, 5.41) is 3.38. The highest BCUT2D eigenvalue weighted by atomic mass is 32.1. The Morgan fingerprint density at radius 2 is 2.03 bits per heavy atom. The fourth-order valence-electron chi connectivity index (χ4n) is 3.15. The number of rotatable bonds is 8. The number of anilines is 1. The van der Waals surface area contributed by atoms with Crippen LogP contribution in [0.4, 0.5) is 5.69 Å². The molecule has 1 amide bonds. The van der Waals surface area contributed by atoms with Gasteiger partial charge in [0.1, 0.15) is 16.3 Å². The van der Waals surface area contributed by atoms with Crippen LogP contribution < -0.4 is 20.3 Å².